The molecule has 0 radical (unpaired) electrons. The van der Waals surface area contributed by atoms with Crippen molar-refractivity contribution in [3.8, 4) is 0 Å². The van der Waals surface area contributed by atoms with E-state index in [-0.39, 0.29) is 12.2 Å². The van der Waals surface area contributed by atoms with E-state index in [1.165, 1.54) is 60.7 Å². The van der Waals surface area contributed by atoms with Gasteiger partial charge in [-0.2, -0.15) is 5.21 Å². The summed E-state index contributed by atoms with van der Waals surface area (Å²) in [4.78, 5) is 10.7. The number of aromatic nitrogens is 4. The summed E-state index contributed by atoms with van der Waals surface area (Å²) in [5.41, 5.74) is 2.04. The van der Waals surface area contributed by atoms with Crippen molar-refractivity contribution in [2.24, 2.45) is 0 Å². The highest BCUT2D eigenvalue weighted by molar-refractivity contribution is 6.00. The van der Waals surface area contributed by atoms with Crippen LogP contribution in [0, 0.1) is 11.6 Å². The molecule has 4 N–H and O–H groups in total. The predicted octanol–water partition coefficient (Wildman–Crippen LogP) is 2.58. The molecule has 0 saturated carbocycles. The third kappa shape index (κ3) is 6.13. The summed E-state index contributed by atoms with van der Waals surface area (Å²) in [6.07, 6.45) is -0.276. The van der Waals surface area contributed by atoms with Gasteiger partial charge in [-0.25, -0.2) is 8.78 Å². The molecule has 3 aromatic rings. The van der Waals surface area contributed by atoms with Gasteiger partial charge >= 0.3 is 5.97 Å². The van der Waals surface area contributed by atoms with Gasteiger partial charge in [-0.05, 0) is 40.6 Å². The number of aromatic amines is 1. The topological polar surface area (TPSA) is 132 Å². The molecule has 0 bridgehead atoms. The summed E-state index contributed by atoms with van der Waals surface area (Å²) in [5.74, 6) is -1.91. The van der Waals surface area contributed by atoms with E-state index in [0.717, 1.165) is 0 Å². The molecule has 166 valence electrons. The molecule has 0 aliphatic rings. The number of carboxylic acid groups (broad SMARTS) is 1. The van der Waals surface area contributed by atoms with Gasteiger partial charge in [0.25, 0.3) is 0 Å². The zero-order chi connectivity index (χ0) is 23.1. The molecular weight excluding hydrogens is 422 g/mol. The van der Waals surface area contributed by atoms with Crippen LogP contribution in [0.3, 0.4) is 0 Å². The maximum Gasteiger partial charge on any atom is 0.305 e. The summed E-state index contributed by atoms with van der Waals surface area (Å²) < 4.78 is 27.1. The van der Waals surface area contributed by atoms with Crippen LogP contribution in [0.4, 0.5) is 8.78 Å². The van der Waals surface area contributed by atoms with Gasteiger partial charge < -0.3 is 15.3 Å². The Balaban J connectivity index is 2.08. The van der Waals surface area contributed by atoms with E-state index in [4.69, 9.17) is 5.11 Å². The lowest BCUT2D eigenvalue weighted by molar-refractivity contribution is -0.139. The highest BCUT2D eigenvalue weighted by Crippen LogP contribution is 2.32. The van der Waals surface area contributed by atoms with Crippen molar-refractivity contribution in [3.63, 3.8) is 0 Å². The normalized spacial score (nSPS) is 13.1. The Bertz CT molecular complexity index is 1050. The number of rotatable bonds is 9. The number of hydrogen-bond donors (Lipinski definition) is 4. The largest absolute Gasteiger partial charge is 0.481 e. The number of aliphatic carboxylic acids is 1. The SMILES string of the molecule is O=C(O)C[C@H](O)C[C@H](O)/C=C/C(=C(c1ccc(F)cc1)c1ccc(F)cc1)c1nn[nH]n1. The predicted molar refractivity (Wildman–Crippen MR) is 111 cm³/mol. The van der Waals surface area contributed by atoms with Gasteiger partial charge in [-0.15, -0.1) is 10.2 Å². The highest BCUT2D eigenvalue weighted by Gasteiger charge is 2.18. The Hall–Kier alpha value is -3.76. The van der Waals surface area contributed by atoms with Crippen molar-refractivity contribution >= 4 is 17.1 Å². The second-order valence-electron chi connectivity index (χ2n) is 6.95. The fraction of sp³-hybridized carbons (Fsp3) is 0.182. The number of benzene rings is 2. The smallest absolute Gasteiger partial charge is 0.305 e. The summed E-state index contributed by atoms with van der Waals surface area (Å²) in [6, 6.07) is 11.2. The molecule has 2 aromatic carbocycles. The molecule has 3 rings (SSSR count). The van der Waals surface area contributed by atoms with Gasteiger partial charge in [0.2, 0.25) is 5.82 Å². The zero-order valence-corrected chi connectivity index (χ0v) is 16.7. The average Bonchev–Trinajstić information content (AvgIpc) is 3.27. The van der Waals surface area contributed by atoms with E-state index in [9.17, 15) is 23.8 Å². The first kappa shape index (κ1) is 22.9. The van der Waals surface area contributed by atoms with E-state index in [0.29, 0.717) is 22.3 Å². The lowest BCUT2D eigenvalue weighted by atomic mass is 9.92. The van der Waals surface area contributed by atoms with Crippen molar-refractivity contribution < 1.29 is 28.9 Å². The molecule has 0 spiro atoms. The second-order valence-corrected chi connectivity index (χ2v) is 6.95. The van der Waals surface area contributed by atoms with Crippen LogP contribution in [-0.2, 0) is 4.79 Å². The van der Waals surface area contributed by atoms with Crippen LogP contribution in [0.5, 0.6) is 0 Å². The fourth-order valence-electron chi connectivity index (χ4n) is 3.11. The van der Waals surface area contributed by atoms with E-state index in [2.05, 4.69) is 20.6 Å². The lowest BCUT2D eigenvalue weighted by Crippen LogP contribution is -2.19. The van der Waals surface area contributed by atoms with Crippen LogP contribution in [0.2, 0.25) is 0 Å². The minimum absolute atomic E-state index is 0.156. The van der Waals surface area contributed by atoms with Crippen LogP contribution >= 0.6 is 0 Å². The molecule has 0 aliphatic heterocycles. The average molecular weight is 442 g/mol. The quantitative estimate of drug-likeness (QED) is 0.375. The summed E-state index contributed by atoms with van der Waals surface area (Å²) in [7, 11) is 0. The molecule has 1 heterocycles. The molecule has 0 aliphatic carbocycles. The first-order chi connectivity index (χ1) is 15.3. The number of H-pyrrole nitrogens is 1. The molecule has 2 atom stereocenters. The fourth-order valence-corrected chi connectivity index (χ4v) is 3.11. The van der Waals surface area contributed by atoms with Crippen molar-refractivity contribution in [1.82, 2.24) is 20.6 Å². The molecular formula is C22H20F2N4O4. The number of halogens is 2. The molecule has 0 unspecified atom stereocenters. The molecule has 1 aromatic heterocycles. The number of tetrazole rings is 1. The number of aliphatic hydroxyl groups is 2. The van der Waals surface area contributed by atoms with Gasteiger partial charge in [0.05, 0.1) is 18.6 Å². The Morgan fingerprint density at radius 3 is 2.03 bits per heavy atom. The zero-order valence-electron chi connectivity index (χ0n) is 16.7. The Labute approximate surface area is 181 Å². The van der Waals surface area contributed by atoms with Gasteiger partial charge in [-0.1, -0.05) is 36.4 Å². The number of aliphatic hydroxyl groups excluding tert-OH is 2. The van der Waals surface area contributed by atoms with Gasteiger partial charge in [0.1, 0.15) is 11.6 Å². The number of hydrogen-bond acceptors (Lipinski definition) is 6. The van der Waals surface area contributed by atoms with E-state index >= 15 is 0 Å². The number of nitrogens with one attached hydrogen (secondary N) is 1. The van der Waals surface area contributed by atoms with Crippen molar-refractivity contribution in [2.45, 2.75) is 25.0 Å². The Morgan fingerprint density at radius 2 is 1.56 bits per heavy atom. The summed E-state index contributed by atoms with van der Waals surface area (Å²) >= 11 is 0. The molecule has 32 heavy (non-hydrogen) atoms. The number of allylic oxidation sites excluding steroid dienone is 2. The van der Waals surface area contributed by atoms with Crippen LogP contribution in [-0.4, -0.2) is 54.1 Å². The summed E-state index contributed by atoms with van der Waals surface area (Å²) in [6.45, 7) is 0. The first-order valence-corrected chi connectivity index (χ1v) is 9.59. The minimum Gasteiger partial charge on any atom is -0.481 e. The van der Waals surface area contributed by atoms with Crippen LogP contribution < -0.4 is 0 Å². The minimum atomic E-state index is -1.24. The summed E-state index contributed by atoms with van der Waals surface area (Å²) in [5, 5.41) is 42.6. The van der Waals surface area contributed by atoms with Crippen molar-refractivity contribution in [1.29, 1.82) is 0 Å². The van der Waals surface area contributed by atoms with E-state index in [1.807, 2.05) is 0 Å². The number of nitrogens with zero attached hydrogens (tertiary/aromatic N) is 3. The van der Waals surface area contributed by atoms with E-state index in [1.54, 1.807) is 0 Å². The standard InChI is InChI=1S/C22H20F2N4O4/c23-15-5-1-13(2-6-15)21(14-3-7-16(24)8-4-14)19(22-25-27-28-26-22)10-9-17(29)11-18(30)12-20(31)32/h1-10,17-18,29-30H,11-12H2,(H,31,32)(H,25,26,27,28)/b10-9+/t17-,18-/m1/s1. The van der Waals surface area contributed by atoms with Gasteiger partial charge in [-0.3, -0.25) is 4.79 Å². The van der Waals surface area contributed by atoms with Crippen LogP contribution in [0.15, 0.2) is 60.7 Å². The van der Waals surface area contributed by atoms with Crippen LogP contribution in [0.25, 0.3) is 11.1 Å². The van der Waals surface area contributed by atoms with Gasteiger partial charge in [0.15, 0.2) is 0 Å². The Morgan fingerprint density at radius 1 is 1.00 bits per heavy atom. The second kappa shape index (κ2) is 10.5. The third-order valence-corrected chi connectivity index (χ3v) is 4.53. The monoisotopic (exact) mass is 442 g/mol. The van der Waals surface area contributed by atoms with Crippen LogP contribution in [0.1, 0.15) is 29.8 Å². The maximum absolute atomic E-state index is 13.5. The molecule has 0 fully saturated rings. The van der Waals surface area contributed by atoms with Crippen molar-refractivity contribution in [3.05, 3.63) is 89.3 Å². The molecule has 0 saturated heterocycles. The molecule has 0 amide bonds. The molecule has 10 heteroatoms. The van der Waals surface area contributed by atoms with Gasteiger partial charge in [0, 0.05) is 17.6 Å². The highest BCUT2D eigenvalue weighted by atomic mass is 19.1. The number of carbonyl (C=O) groups is 1. The molecule has 8 nitrogen and oxygen atoms in total. The lowest BCUT2D eigenvalue weighted by Gasteiger charge is -2.14. The third-order valence-electron chi connectivity index (χ3n) is 4.53. The number of carboxylic acids is 1. The van der Waals surface area contributed by atoms with Crippen molar-refractivity contribution in [2.75, 3.05) is 0 Å². The maximum atomic E-state index is 13.5. The van der Waals surface area contributed by atoms with E-state index < -0.39 is 36.2 Å². The Kier molecular flexibility index (Phi) is 7.53. The first-order valence-electron chi connectivity index (χ1n) is 9.59.